The topological polar surface area (TPSA) is 49.9 Å². The van der Waals surface area contributed by atoms with Crippen LogP contribution < -0.4 is 4.74 Å². The van der Waals surface area contributed by atoms with Gasteiger partial charge in [0.1, 0.15) is 5.75 Å². The highest BCUT2D eigenvalue weighted by atomic mass is 35.5. The fourth-order valence-corrected chi connectivity index (χ4v) is 4.12. The Labute approximate surface area is 153 Å². The van der Waals surface area contributed by atoms with Crippen LogP contribution >= 0.6 is 11.6 Å². The van der Waals surface area contributed by atoms with Gasteiger partial charge in [-0.05, 0) is 44.4 Å². The highest BCUT2D eigenvalue weighted by Gasteiger charge is 2.51. The Morgan fingerprint density at radius 2 is 2.04 bits per heavy atom. The second-order valence-corrected chi connectivity index (χ2v) is 7.28. The summed E-state index contributed by atoms with van der Waals surface area (Å²) in [5, 5.41) is 0.438. The van der Waals surface area contributed by atoms with Crippen LogP contribution in [0.3, 0.4) is 0 Å². The molecule has 2 saturated heterocycles. The maximum atomic E-state index is 12.8. The van der Waals surface area contributed by atoms with E-state index in [-0.39, 0.29) is 17.2 Å². The van der Waals surface area contributed by atoms with Crippen LogP contribution in [0.4, 0.5) is 0 Å². The van der Waals surface area contributed by atoms with Crippen molar-refractivity contribution in [3.8, 4) is 5.75 Å². The molecule has 0 N–H and O–H groups in total. The van der Waals surface area contributed by atoms with Crippen molar-refractivity contribution in [3.63, 3.8) is 0 Å². The van der Waals surface area contributed by atoms with E-state index in [4.69, 9.17) is 16.3 Å². The monoisotopic (exact) mass is 364 g/mol. The van der Waals surface area contributed by atoms with Gasteiger partial charge in [0.2, 0.25) is 5.91 Å². The molecule has 3 rings (SSSR count). The van der Waals surface area contributed by atoms with Gasteiger partial charge in [-0.3, -0.25) is 9.59 Å². The third kappa shape index (κ3) is 3.34. The molecular weight excluding hydrogens is 340 g/mol. The minimum Gasteiger partial charge on any atom is -0.492 e. The molecule has 2 aliphatic heterocycles. The Balaban J connectivity index is 1.71. The van der Waals surface area contributed by atoms with E-state index < -0.39 is 0 Å². The molecule has 2 fully saturated rings. The Morgan fingerprint density at radius 3 is 2.72 bits per heavy atom. The summed E-state index contributed by atoms with van der Waals surface area (Å²) >= 11 is 6.20. The zero-order valence-electron chi connectivity index (χ0n) is 14.9. The number of hydrogen-bond acceptors (Lipinski definition) is 3. The van der Waals surface area contributed by atoms with E-state index in [9.17, 15) is 9.59 Å². The number of likely N-dealkylation sites (tertiary alicyclic amines) is 2. The van der Waals surface area contributed by atoms with Gasteiger partial charge in [0, 0.05) is 31.7 Å². The normalized spacial score (nSPS) is 22.9. The van der Waals surface area contributed by atoms with Gasteiger partial charge in [-0.1, -0.05) is 18.5 Å². The molecule has 0 radical (unpaired) electrons. The Kier molecular flexibility index (Phi) is 5.23. The molecule has 1 aromatic rings. The van der Waals surface area contributed by atoms with Crippen molar-refractivity contribution in [1.29, 1.82) is 0 Å². The predicted molar refractivity (Wildman–Crippen MR) is 97.1 cm³/mol. The van der Waals surface area contributed by atoms with Gasteiger partial charge in [0.15, 0.2) is 0 Å². The number of ether oxygens (including phenoxy) is 1. The molecule has 2 amide bonds. The summed E-state index contributed by atoms with van der Waals surface area (Å²) in [6.45, 7) is 7.24. The van der Waals surface area contributed by atoms with Gasteiger partial charge in [-0.15, -0.1) is 0 Å². The molecule has 5 nitrogen and oxygen atoms in total. The van der Waals surface area contributed by atoms with E-state index in [1.165, 1.54) is 0 Å². The van der Waals surface area contributed by atoms with Crippen LogP contribution in [0.1, 0.15) is 43.5 Å². The number of carbonyl (C=O) groups excluding carboxylic acids is 2. The van der Waals surface area contributed by atoms with Crippen LogP contribution in [0.5, 0.6) is 5.75 Å². The minimum atomic E-state index is -0.375. The van der Waals surface area contributed by atoms with Crippen molar-refractivity contribution in [2.45, 2.75) is 33.1 Å². The lowest BCUT2D eigenvalue weighted by molar-refractivity contribution is -0.135. The molecule has 0 saturated carbocycles. The van der Waals surface area contributed by atoms with Gasteiger partial charge in [0.25, 0.3) is 5.91 Å². The van der Waals surface area contributed by atoms with Crippen molar-refractivity contribution in [1.82, 2.24) is 9.80 Å². The number of amides is 2. The van der Waals surface area contributed by atoms with Crippen molar-refractivity contribution >= 4 is 23.4 Å². The summed E-state index contributed by atoms with van der Waals surface area (Å²) in [4.78, 5) is 29.3. The first kappa shape index (κ1) is 18.1. The van der Waals surface area contributed by atoms with E-state index in [2.05, 4.69) is 6.92 Å². The molecule has 2 aliphatic rings. The summed E-state index contributed by atoms with van der Waals surface area (Å²) in [7, 11) is 0. The predicted octanol–water partition coefficient (Wildman–Crippen LogP) is 3.21. The van der Waals surface area contributed by atoms with Gasteiger partial charge < -0.3 is 14.5 Å². The molecule has 1 spiro atoms. The van der Waals surface area contributed by atoms with E-state index in [0.29, 0.717) is 36.0 Å². The first-order chi connectivity index (χ1) is 12.0. The number of nitrogens with zero attached hydrogens (tertiary/aromatic N) is 2. The maximum Gasteiger partial charge on any atom is 0.253 e. The van der Waals surface area contributed by atoms with Crippen LogP contribution in [0, 0.1) is 5.41 Å². The molecule has 136 valence electrons. The SMILES string of the molecule is CCCN1CCC2(CCN(C(=O)c3ccc(OCC)c(Cl)c3)C2)C1=O. The van der Waals surface area contributed by atoms with Crippen molar-refractivity contribution in [2.75, 3.05) is 32.8 Å². The van der Waals surface area contributed by atoms with Gasteiger partial charge in [-0.2, -0.15) is 0 Å². The molecule has 1 atom stereocenters. The third-order valence-corrected chi connectivity index (χ3v) is 5.51. The van der Waals surface area contributed by atoms with Crippen LogP contribution in [0.2, 0.25) is 5.02 Å². The molecule has 0 bridgehead atoms. The fourth-order valence-electron chi connectivity index (χ4n) is 3.89. The molecule has 6 heteroatoms. The van der Waals surface area contributed by atoms with Crippen molar-refractivity contribution < 1.29 is 14.3 Å². The second-order valence-electron chi connectivity index (χ2n) is 6.88. The zero-order chi connectivity index (χ0) is 18.0. The number of rotatable bonds is 5. The molecule has 0 aromatic heterocycles. The molecule has 1 aromatic carbocycles. The quantitative estimate of drug-likeness (QED) is 0.806. The summed E-state index contributed by atoms with van der Waals surface area (Å²) in [6, 6.07) is 5.12. The average molecular weight is 365 g/mol. The van der Waals surface area contributed by atoms with Gasteiger partial charge in [-0.25, -0.2) is 0 Å². The van der Waals surface area contributed by atoms with E-state index in [0.717, 1.165) is 32.4 Å². The summed E-state index contributed by atoms with van der Waals surface area (Å²) in [5.74, 6) is 0.734. The number of hydrogen-bond donors (Lipinski definition) is 0. The highest BCUT2D eigenvalue weighted by molar-refractivity contribution is 6.32. The smallest absolute Gasteiger partial charge is 0.253 e. The van der Waals surface area contributed by atoms with Gasteiger partial charge in [0.05, 0.1) is 17.0 Å². The van der Waals surface area contributed by atoms with Crippen LogP contribution in [0.15, 0.2) is 18.2 Å². The summed E-state index contributed by atoms with van der Waals surface area (Å²) in [6.07, 6.45) is 2.57. The Bertz CT molecular complexity index is 679. The van der Waals surface area contributed by atoms with Crippen LogP contribution in [-0.2, 0) is 4.79 Å². The molecule has 2 heterocycles. The van der Waals surface area contributed by atoms with Crippen molar-refractivity contribution in [2.24, 2.45) is 5.41 Å². The summed E-state index contributed by atoms with van der Waals surface area (Å²) in [5.41, 5.74) is 0.168. The third-order valence-electron chi connectivity index (χ3n) is 5.21. The highest BCUT2D eigenvalue weighted by Crippen LogP contribution is 2.41. The maximum absolute atomic E-state index is 12.8. The first-order valence-corrected chi connectivity index (χ1v) is 9.39. The Hall–Kier alpha value is -1.75. The van der Waals surface area contributed by atoms with Gasteiger partial charge >= 0.3 is 0 Å². The standard InChI is InChI=1S/C19H25ClN2O3/c1-3-9-21-10-7-19(18(21)24)8-11-22(13-19)17(23)14-5-6-16(25-4-2)15(20)12-14/h5-6,12H,3-4,7-11,13H2,1-2H3. The van der Waals surface area contributed by atoms with E-state index in [1.807, 2.05) is 11.8 Å². The first-order valence-electron chi connectivity index (χ1n) is 9.02. The lowest BCUT2D eigenvalue weighted by atomic mass is 9.85. The van der Waals surface area contributed by atoms with Crippen LogP contribution in [-0.4, -0.2) is 54.4 Å². The Morgan fingerprint density at radius 1 is 1.28 bits per heavy atom. The van der Waals surface area contributed by atoms with Crippen LogP contribution in [0.25, 0.3) is 0 Å². The molecule has 1 unspecified atom stereocenters. The number of carbonyl (C=O) groups is 2. The average Bonchev–Trinajstić information content (AvgIpc) is 3.16. The lowest BCUT2D eigenvalue weighted by Gasteiger charge is -2.23. The number of halogens is 1. The summed E-state index contributed by atoms with van der Waals surface area (Å²) < 4.78 is 5.41. The molecule has 0 aliphatic carbocycles. The largest absolute Gasteiger partial charge is 0.492 e. The molecule has 25 heavy (non-hydrogen) atoms. The van der Waals surface area contributed by atoms with Crippen molar-refractivity contribution in [3.05, 3.63) is 28.8 Å². The van der Waals surface area contributed by atoms with E-state index in [1.54, 1.807) is 23.1 Å². The second kappa shape index (κ2) is 7.24. The molecular formula is C19H25ClN2O3. The zero-order valence-corrected chi connectivity index (χ0v) is 15.6. The minimum absolute atomic E-state index is 0.0661. The fraction of sp³-hybridized carbons (Fsp3) is 0.579. The number of benzene rings is 1. The lowest BCUT2D eigenvalue weighted by Crippen LogP contribution is -2.38. The van der Waals surface area contributed by atoms with E-state index >= 15 is 0 Å².